The second-order valence-corrected chi connectivity index (χ2v) is 5.69. The Bertz CT molecular complexity index is 299. The van der Waals surface area contributed by atoms with Crippen molar-refractivity contribution in [2.45, 2.75) is 50.2 Å². The third-order valence-electron chi connectivity index (χ3n) is 3.28. The summed E-state index contributed by atoms with van der Waals surface area (Å²) in [6.45, 7) is 0. The zero-order chi connectivity index (χ0) is 10.7. The Morgan fingerprint density at radius 2 is 2.47 bits per heavy atom. The Kier molecular flexibility index (Phi) is 3.44. The van der Waals surface area contributed by atoms with Crippen molar-refractivity contribution in [2.75, 3.05) is 0 Å². The predicted molar refractivity (Wildman–Crippen MR) is 64.0 cm³/mol. The SMILES string of the molecule is NC1CCCC(O)(CCc2cccs2)C1. The second kappa shape index (κ2) is 4.64. The van der Waals surface area contributed by atoms with Crippen molar-refractivity contribution in [2.24, 2.45) is 5.73 Å². The van der Waals surface area contributed by atoms with Crippen LogP contribution in [0.1, 0.15) is 37.0 Å². The fourth-order valence-electron chi connectivity index (χ4n) is 2.42. The monoisotopic (exact) mass is 225 g/mol. The molecule has 3 heteroatoms. The van der Waals surface area contributed by atoms with Gasteiger partial charge in [0.15, 0.2) is 0 Å². The van der Waals surface area contributed by atoms with Crippen LogP contribution >= 0.6 is 11.3 Å². The van der Waals surface area contributed by atoms with Crippen molar-refractivity contribution >= 4 is 11.3 Å². The highest BCUT2D eigenvalue weighted by atomic mass is 32.1. The van der Waals surface area contributed by atoms with Gasteiger partial charge in [0, 0.05) is 10.9 Å². The lowest BCUT2D eigenvalue weighted by molar-refractivity contribution is -0.00942. The Balaban J connectivity index is 1.87. The number of aliphatic hydroxyl groups is 1. The summed E-state index contributed by atoms with van der Waals surface area (Å²) in [7, 11) is 0. The highest BCUT2D eigenvalue weighted by molar-refractivity contribution is 7.09. The third-order valence-corrected chi connectivity index (χ3v) is 4.21. The quantitative estimate of drug-likeness (QED) is 0.829. The summed E-state index contributed by atoms with van der Waals surface area (Å²) in [6, 6.07) is 4.40. The zero-order valence-corrected chi connectivity index (χ0v) is 9.80. The summed E-state index contributed by atoms with van der Waals surface area (Å²) < 4.78 is 0. The molecule has 1 aliphatic rings. The number of thiophene rings is 1. The first kappa shape index (κ1) is 11.1. The minimum Gasteiger partial charge on any atom is -0.390 e. The van der Waals surface area contributed by atoms with Gasteiger partial charge < -0.3 is 10.8 Å². The fourth-order valence-corrected chi connectivity index (χ4v) is 3.13. The molecule has 2 unspecified atom stereocenters. The van der Waals surface area contributed by atoms with Gasteiger partial charge in [0.05, 0.1) is 5.60 Å². The van der Waals surface area contributed by atoms with Crippen molar-refractivity contribution in [3.05, 3.63) is 22.4 Å². The molecule has 3 N–H and O–H groups in total. The Labute approximate surface area is 95.1 Å². The van der Waals surface area contributed by atoms with E-state index >= 15 is 0 Å². The van der Waals surface area contributed by atoms with Crippen LogP contribution in [-0.2, 0) is 6.42 Å². The molecule has 1 saturated carbocycles. The molecular weight excluding hydrogens is 206 g/mol. The zero-order valence-electron chi connectivity index (χ0n) is 8.98. The van der Waals surface area contributed by atoms with Gasteiger partial charge >= 0.3 is 0 Å². The lowest BCUT2D eigenvalue weighted by atomic mass is 9.79. The topological polar surface area (TPSA) is 46.2 Å². The second-order valence-electron chi connectivity index (χ2n) is 4.66. The number of rotatable bonds is 3. The van der Waals surface area contributed by atoms with Crippen LogP contribution in [0.2, 0.25) is 0 Å². The van der Waals surface area contributed by atoms with E-state index in [2.05, 4.69) is 17.5 Å². The van der Waals surface area contributed by atoms with E-state index in [4.69, 9.17) is 5.73 Å². The molecule has 0 bridgehead atoms. The predicted octanol–water partition coefficient (Wildman–Crippen LogP) is 2.31. The first-order valence-electron chi connectivity index (χ1n) is 5.68. The number of aryl methyl sites for hydroxylation is 1. The number of hydrogen-bond donors (Lipinski definition) is 2. The van der Waals surface area contributed by atoms with E-state index in [1.165, 1.54) is 4.88 Å². The fraction of sp³-hybridized carbons (Fsp3) is 0.667. The molecule has 1 aromatic rings. The van der Waals surface area contributed by atoms with Crippen LogP contribution in [0, 0.1) is 0 Å². The maximum absolute atomic E-state index is 10.4. The van der Waals surface area contributed by atoms with E-state index in [-0.39, 0.29) is 6.04 Å². The maximum Gasteiger partial charge on any atom is 0.0666 e. The summed E-state index contributed by atoms with van der Waals surface area (Å²) in [5, 5.41) is 12.5. The van der Waals surface area contributed by atoms with Crippen LogP contribution in [0.5, 0.6) is 0 Å². The summed E-state index contributed by atoms with van der Waals surface area (Å²) in [4.78, 5) is 1.36. The van der Waals surface area contributed by atoms with E-state index < -0.39 is 5.60 Å². The summed E-state index contributed by atoms with van der Waals surface area (Å²) in [5.41, 5.74) is 5.40. The molecule has 2 rings (SSSR count). The molecule has 1 aliphatic carbocycles. The largest absolute Gasteiger partial charge is 0.390 e. The van der Waals surface area contributed by atoms with Crippen LogP contribution in [0.3, 0.4) is 0 Å². The lowest BCUT2D eigenvalue weighted by Gasteiger charge is -2.35. The van der Waals surface area contributed by atoms with Gasteiger partial charge in [-0.15, -0.1) is 11.3 Å². The molecule has 0 amide bonds. The van der Waals surface area contributed by atoms with Crippen LogP contribution in [0.4, 0.5) is 0 Å². The molecular formula is C12H19NOS. The molecule has 1 fully saturated rings. The third kappa shape index (κ3) is 3.03. The normalized spacial score (nSPS) is 31.7. The van der Waals surface area contributed by atoms with Gasteiger partial charge in [-0.2, -0.15) is 0 Å². The minimum absolute atomic E-state index is 0.201. The molecule has 1 aromatic heterocycles. The molecule has 0 aromatic carbocycles. The van der Waals surface area contributed by atoms with Crippen molar-refractivity contribution in [1.82, 2.24) is 0 Å². The summed E-state index contributed by atoms with van der Waals surface area (Å²) in [5.74, 6) is 0. The van der Waals surface area contributed by atoms with Crippen LogP contribution in [0.25, 0.3) is 0 Å². The molecule has 1 heterocycles. The van der Waals surface area contributed by atoms with E-state index in [0.29, 0.717) is 0 Å². The van der Waals surface area contributed by atoms with Gasteiger partial charge in [0.25, 0.3) is 0 Å². The van der Waals surface area contributed by atoms with Gasteiger partial charge in [-0.25, -0.2) is 0 Å². The average molecular weight is 225 g/mol. The minimum atomic E-state index is -0.498. The van der Waals surface area contributed by atoms with Gasteiger partial charge in [0.2, 0.25) is 0 Å². The molecule has 15 heavy (non-hydrogen) atoms. The van der Waals surface area contributed by atoms with Crippen molar-refractivity contribution in [3.63, 3.8) is 0 Å². The van der Waals surface area contributed by atoms with Gasteiger partial charge in [-0.05, 0) is 50.0 Å². The van der Waals surface area contributed by atoms with Crippen molar-refractivity contribution < 1.29 is 5.11 Å². The van der Waals surface area contributed by atoms with E-state index in [1.54, 1.807) is 11.3 Å². The molecule has 2 nitrogen and oxygen atoms in total. The van der Waals surface area contributed by atoms with Crippen LogP contribution in [0.15, 0.2) is 17.5 Å². The number of hydrogen-bond acceptors (Lipinski definition) is 3. The molecule has 0 radical (unpaired) electrons. The Hall–Kier alpha value is -0.380. The van der Waals surface area contributed by atoms with Gasteiger partial charge in [-0.3, -0.25) is 0 Å². The Morgan fingerprint density at radius 3 is 3.13 bits per heavy atom. The van der Waals surface area contributed by atoms with Gasteiger partial charge in [-0.1, -0.05) is 6.07 Å². The first-order valence-corrected chi connectivity index (χ1v) is 6.56. The van der Waals surface area contributed by atoms with E-state index in [1.807, 2.05) is 0 Å². The molecule has 84 valence electrons. The lowest BCUT2D eigenvalue weighted by Crippen LogP contribution is -2.41. The van der Waals surface area contributed by atoms with Crippen LogP contribution < -0.4 is 5.73 Å². The summed E-state index contributed by atoms with van der Waals surface area (Å²) >= 11 is 1.77. The van der Waals surface area contributed by atoms with E-state index in [0.717, 1.165) is 38.5 Å². The van der Waals surface area contributed by atoms with Crippen molar-refractivity contribution in [3.8, 4) is 0 Å². The molecule has 0 saturated heterocycles. The smallest absolute Gasteiger partial charge is 0.0666 e. The highest BCUT2D eigenvalue weighted by Crippen LogP contribution is 2.31. The molecule has 0 spiro atoms. The first-order chi connectivity index (χ1) is 7.18. The maximum atomic E-state index is 10.4. The van der Waals surface area contributed by atoms with Crippen LogP contribution in [-0.4, -0.2) is 16.7 Å². The molecule has 0 aliphatic heterocycles. The van der Waals surface area contributed by atoms with E-state index in [9.17, 15) is 5.11 Å². The average Bonchev–Trinajstić information content (AvgIpc) is 2.67. The highest BCUT2D eigenvalue weighted by Gasteiger charge is 2.32. The van der Waals surface area contributed by atoms with Crippen molar-refractivity contribution in [1.29, 1.82) is 0 Å². The Morgan fingerprint density at radius 1 is 1.60 bits per heavy atom. The van der Waals surface area contributed by atoms with Gasteiger partial charge in [0.1, 0.15) is 0 Å². The molecule has 2 atom stereocenters. The number of nitrogens with two attached hydrogens (primary N) is 1. The summed E-state index contributed by atoms with van der Waals surface area (Å²) in [6.07, 6.45) is 5.69. The standard InChI is InChI=1S/C12H19NOS/c13-10-3-1-6-12(14,9-10)7-5-11-4-2-8-15-11/h2,4,8,10,14H,1,3,5-7,9,13H2.